The van der Waals surface area contributed by atoms with Gasteiger partial charge in [0.05, 0.1) is 6.33 Å². The summed E-state index contributed by atoms with van der Waals surface area (Å²) in [7, 11) is 1.62. The molecule has 0 saturated heterocycles. The highest BCUT2D eigenvalue weighted by molar-refractivity contribution is 5.69. The Labute approximate surface area is 135 Å². The molecule has 0 amide bonds. The van der Waals surface area contributed by atoms with E-state index in [4.69, 9.17) is 0 Å². The van der Waals surface area contributed by atoms with Gasteiger partial charge in [0.2, 0.25) is 0 Å². The van der Waals surface area contributed by atoms with E-state index in [9.17, 15) is 9.59 Å². The number of aromatic nitrogens is 4. The third kappa shape index (κ3) is 4.43. The van der Waals surface area contributed by atoms with Crippen LogP contribution in [-0.4, -0.2) is 19.1 Å². The maximum Gasteiger partial charge on any atom is 0.329 e. The minimum absolute atomic E-state index is 0.359. The van der Waals surface area contributed by atoms with Crippen LogP contribution in [0.25, 0.3) is 11.2 Å². The minimum atomic E-state index is -0.427. The van der Waals surface area contributed by atoms with Crippen molar-refractivity contribution in [2.24, 2.45) is 7.05 Å². The Morgan fingerprint density at radius 1 is 1.13 bits per heavy atom. The summed E-state index contributed by atoms with van der Waals surface area (Å²) in [4.78, 5) is 30.0. The second-order valence-electron chi connectivity index (χ2n) is 5.98. The second kappa shape index (κ2) is 8.50. The number of aryl methyl sites for hydroxylation is 2. The maximum atomic E-state index is 12.0. The largest absolute Gasteiger partial charge is 0.329 e. The third-order valence-corrected chi connectivity index (χ3v) is 4.18. The number of H-pyrrole nitrogens is 1. The number of allylic oxidation sites excluding steroid dienone is 1. The maximum absolute atomic E-state index is 12.0. The van der Waals surface area contributed by atoms with Crippen molar-refractivity contribution < 1.29 is 0 Å². The van der Waals surface area contributed by atoms with Gasteiger partial charge in [-0.25, -0.2) is 9.78 Å². The molecule has 6 heteroatoms. The van der Waals surface area contributed by atoms with E-state index in [1.807, 2.05) is 10.6 Å². The Kier molecular flexibility index (Phi) is 6.38. The van der Waals surface area contributed by atoms with Crippen LogP contribution in [0.1, 0.15) is 51.4 Å². The zero-order valence-electron chi connectivity index (χ0n) is 13.9. The minimum Gasteiger partial charge on any atom is -0.325 e. The standard InChI is InChI=1S/C17H26N4O2/c1-3-4-5-6-7-8-9-10-11-12-21-13-18-15-14(21)16(22)19-17(23)20(15)2/h3,13H,1,4-12H2,2H3,(H,19,22,23). The normalized spacial score (nSPS) is 11.2. The van der Waals surface area contributed by atoms with Crippen LogP contribution in [0, 0.1) is 0 Å². The Morgan fingerprint density at radius 2 is 1.78 bits per heavy atom. The first kappa shape index (κ1) is 17.2. The first-order chi connectivity index (χ1) is 11.1. The molecule has 0 radical (unpaired) electrons. The summed E-state index contributed by atoms with van der Waals surface area (Å²) in [6.07, 6.45) is 13.2. The molecule has 2 aromatic rings. The lowest BCUT2D eigenvalue weighted by Crippen LogP contribution is -2.29. The summed E-state index contributed by atoms with van der Waals surface area (Å²) in [5, 5.41) is 0. The van der Waals surface area contributed by atoms with Gasteiger partial charge in [0.25, 0.3) is 5.56 Å². The van der Waals surface area contributed by atoms with Crippen LogP contribution in [0.15, 0.2) is 28.6 Å². The number of nitrogens with one attached hydrogen (secondary N) is 1. The van der Waals surface area contributed by atoms with Crippen LogP contribution in [-0.2, 0) is 13.6 Å². The van der Waals surface area contributed by atoms with Crippen LogP contribution in [0.4, 0.5) is 0 Å². The van der Waals surface area contributed by atoms with Gasteiger partial charge in [-0.2, -0.15) is 0 Å². The monoisotopic (exact) mass is 318 g/mol. The van der Waals surface area contributed by atoms with E-state index in [0.717, 1.165) is 25.8 Å². The van der Waals surface area contributed by atoms with Crippen LogP contribution >= 0.6 is 0 Å². The highest BCUT2D eigenvalue weighted by Gasteiger charge is 2.10. The lowest BCUT2D eigenvalue weighted by Gasteiger charge is -2.05. The quantitative estimate of drug-likeness (QED) is 0.541. The van der Waals surface area contributed by atoms with Crippen molar-refractivity contribution in [3.05, 3.63) is 39.8 Å². The molecule has 2 aromatic heterocycles. The van der Waals surface area contributed by atoms with Gasteiger partial charge >= 0.3 is 5.69 Å². The predicted octanol–water partition coefficient (Wildman–Crippen LogP) is 2.73. The van der Waals surface area contributed by atoms with Gasteiger partial charge < -0.3 is 4.57 Å². The van der Waals surface area contributed by atoms with Crippen LogP contribution in [0.3, 0.4) is 0 Å². The summed E-state index contributed by atoms with van der Waals surface area (Å²) in [6.45, 7) is 4.49. The lowest BCUT2D eigenvalue weighted by atomic mass is 10.1. The van der Waals surface area contributed by atoms with Crippen molar-refractivity contribution in [1.29, 1.82) is 0 Å². The Morgan fingerprint density at radius 3 is 2.48 bits per heavy atom. The molecule has 0 aliphatic heterocycles. The average Bonchev–Trinajstić information content (AvgIpc) is 2.96. The zero-order valence-corrected chi connectivity index (χ0v) is 13.9. The summed E-state index contributed by atoms with van der Waals surface area (Å²) >= 11 is 0. The molecular formula is C17H26N4O2. The van der Waals surface area contributed by atoms with Crippen LogP contribution in [0.5, 0.6) is 0 Å². The number of imidazole rings is 1. The Balaban J connectivity index is 1.80. The van der Waals surface area contributed by atoms with Gasteiger partial charge in [-0.05, 0) is 19.3 Å². The van der Waals surface area contributed by atoms with E-state index in [1.54, 1.807) is 13.4 Å². The first-order valence-electron chi connectivity index (χ1n) is 8.40. The number of rotatable bonds is 10. The van der Waals surface area contributed by atoms with Crippen molar-refractivity contribution >= 4 is 11.2 Å². The summed E-state index contributed by atoms with van der Waals surface area (Å²) < 4.78 is 3.22. The van der Waals surface area contributed by atoms with Gasteiger partial charge in [-0.1, -0.05) is 38.2 Å². The van der Waals surface area contributed by atoms with Crippen molar-refractivity contribution in [2.75, 3.05) is 0 Å². The van der Waals surface area contributed by atoms with Gasteiger partial charge in [0.15, 0.2) is 11.2 Å². The van der Waals surface area contributed by atoms with Crippen molar-refractivity contribution in [1.82, 2.24) is 19.1 Å². The van der Waals surface area contributed by atoms with Crippen molar-refractivity contribution in [3.63, 3.8) is 0 Å². The second-order valence-corrected chi connectivity index (χ2v) is 5.98. The van der Waals surface area contributed by atoms with Crippen LogP contribution in [0.2, 0.25) is 0 Å². The Hall–Kier alpha value is -2.11. The molecule has 0 bridgehead atoms. The molecule has 2 heterocycles. The molecular weight excluding hydrogens is 292 g/mol. The summed E-state index contributed by atoms with van der Waals surface area (Å²) in [5.41, 5.74) is 0.143. The summed E-state index contributed by atoms with van der Waals surface area (Å²) in [5.74, 6) is 0. The third-order valence-electron chi connectivity index (χ3n) is 4.18. The zero-order chi connectivity index (χ0) is 16.7. The molecule has 6 nitrogen and oxygen atoms in total. The molecule has 1 N–H and O–H groups in total. The lowest BCUT2D eigenvalue weighted by molar-refractivity contribution is 0.550. The number of nitrogens with zero attached hydrogens (tertiary/aromatic N) is 3. The molecule has 0 spiro atoms. The number of fused-ring (bicyclic) bond motifs is 1. The molecule has 0 aliphatic carbocycles. The number of unbranched alkanes of at least 4 members (excludes halogenated alkanes) is 7. The number of hydrogen-bond donors (Lipinski definition) is 1. The van der Waals surface area contributed by atoms with E-state index in [1.165, 1.54) is 36.7 Å². The highest BCUT2D eigenvalue weighted by Crippen LogP contribution is 2.11. The van der Waals surface area contributed by atoms with E-state index in [0.29, 0.717) is 11.2 Å². The van der Waals surface area contributed by atoms with E-state index in [-0.39, 0.29) is 5.56 Å². The Bertz CT molecular complexity index is 754. The molecule has 0 fully saturated rings. The smallest absolute Gasteiger partial charge is 0.325 e. The number of hydrogen-bond acceptors (Lipinski definition) is 3. The van der Waals surface area contributed by atoms with Gasteiger partial charge in [-0.15, -0.1) is 6.58 Å². The predicted molar refractivity (Wildman–Crippen MR) is 92.7 cm³/mol. The fourth-order valence-corrected chi connectivity index (χ4v) is 2.81. The highest BCUT2D eigenvalue weighted by atomic mass is 16.2. The topological polar surface area (TPSA) is 72.7 Å². The molecule has 0 aliphatic rings. The van der Waals surface area contributed by atoms with E-state index in [2.05, 4.69) is 16.5 Å². The van der Waals surface area contributed by atoms with Gasteiger partial charge in [0, 0.05) is 13.6 Å². The first-order valence-corrected chi connectivity index (χ1v) is 8.40. The van der Waals surface area contributed by atoms with Gasteiger partial charge in [-0.3, -0.25) is 14.3 Å². The van der Waals surface area contributed by atoms with Gasteiger partial charge in [0.1, 0.15) is 0 Å². The SMILES string of the molecule is C=CCCCCCCCCCn1cnc2c1c(=O)[nH]c(=O)n2C. The molecule has 126 valence electrons. The molecule has 0 unspecified atom stereocenters. The summed E-state index contributed by atoms with van der Waals surface area (Å²) in [6, 6.07) is 0. The molecule has 0 aromatic carbocycles. The molecule has 23 heavy (non-hydrogen) atoms. The van der Waals surface area contributed by atoms with Crippen molar-refractivity contribution in [3.8, 4) is 0 Å². The number of aromatic amines is 1. The molecule has 2 rings (SSSR count). The molecule has 0 saturated carbocycles. The fourth-order valence-electron chi connectivity index (χ4n) is 2.81. The molecule has 0 atom stereocenters. The van der Waals surface area contributed by atoms with E-state index < -0.39 is 5.69 Å². The average molecular weight is 318 g/mol. The van der Waals surface area contributed by atoms with Crippen LogP contribution < -0.4 is 11.2 Å². The van der Waals surface area contributed by atoms with E-state index >= 15 is 0 Å². The van der Waals surface area contributed by atoms with Crippen molar-refractivity contribution in [2.45, 2.75) is 57.9 Å². The fraction of sp³-hybridized carbons (Fsp3) is 0.588.